The van der Waals surface area contributed by atoms with Gasteiger partial charge in [0.1, 0.15) is 0 Å². The maximum absolute atomic E-state index is 11.8. The van der Waals surface area contributed by atoms with Crippen molar-refractivity contribution in [3.63, 3.8) is 0 Å². The third-order valence-corrected chi connectivity index (χ3v) is 3.12. The highest BCUT2D eigenvalue weighted by molar-refractivity contribution is 5.77. The van der Waals surface area contributed by atoms with E-state index in [2.05, 4.69) is 5.32 Å². The first-order chi connectivity index (χ1) is 9.86. The number of ether oxygens (including phenoxy) is 1. The van der Waals surface area contributed by atoms with Crippen LogP contribution in [0.25, 0.3) is 0 Å². The number of rotatable bonds is 7. The van der Waals surface area contributed by atoms with Gasteiger partial charge in [-0.25, -0.2) is 0 Å². The number of amides is 1. The van der Waals surface area contributed by atoms with Gasteiger partial charge in [0, 0.05) is 25.7 Å². The summed E-state index contributed by atoms with van der Waals surface area (Å²) < 4.78 is 5.31. The van der Waals surface area contributed by atoms with Gasteiger partial charge in [-0.15, -0.1) is 0 Å². The fourth-order valence-corrected chi connectivity index (χ4v) is 1.67. The summed E-state index contributed by atoms with van der Waals surface area (Å²) in [6.07, 6.45) is 0. The Morgan fingerprint density at radius 1 is 1.48 bits per heavy atom. The average molecular weight is 295 g/mol. The molecule has 0 fully saturated rings. The minimum atomic E-state index is -0.509. The number of nitro groups is 1. The summed E-state index contributed by atoms with van der Waals surface area (Å²) in [5.74, 6) is -0.121. The number of carbonyl (C=O) groups excluding carboxylic acids is 1. The molecule has 21 heavy (non-hydrogen) atoms. The van der Waals surface area contributed by atoms with E-state index in [1.807, 2.05) is 13.8 Å². The van der Waals surface area contributed by atoms with Crippen molar-refractivity contribution in [1.82, 2.24) is 10.2 Å². The van der Waals surface area contributed by atoms with E-state index in [4.69, 9.17) is 4.74 Å². The number of carbonyl (C=O) groups is 1. The molecular weight excluding hydrogens is 274 g/mol. The zero-order chi connectivity index (χ0) is 16.0. The van der Waals surface area contributed by atoms with Crippen LogP contribution in [0.4, 0.5) is 5.69 Å². The Morgan fingerprint density at radius 3 is 2.67 bits per heavy atom. The van der Waals surface area contributed by atoms with Crippen LogP contribution in [0, 0.1) is 10.1 Å². The van der Waals surface area contributed by atoms with Crippen LogP contribution in [-0.4, -0.2) is 42.5 Å². The molecular formula is C14H21N3O4. The lowest BCUT2D eigenvalue weighted by atomic mass is 10.2. The molecule has 0 saturated heterocycles. The third-order valence-electron chi connectivity index (χ3n) is 3.12. The Morgan fingerprint density at radius 2 is 2.14 bits per heavy atom. The van der Waals surface area contributed by atoms with Crippen molar-refractivity contribution in [2.24, 2.45) is 0 Å². The highest BCUT2D eigenvalue weighted by atomic mass is 16.6. The maximum Gasteiger partial charge on any atom is 0.311 e. The summed E-state index contributed by atoms with van der Waals surface area (Å²) in [6.45, 7) is 4.07. The summed E-state index contributed by atoms with van der Waals surface area (Å²) >= 11 is 0. The fourth-order valence-electron chi connectivity index (χ4n) is 1.67. The number of nitro benzene ring substituents is 1. The standard InChI is InChI=1S/C14H21N3O4/c1-10(2)16(4)14(18)9-21-13-6-5-11(8-15-3)7-12(13)17(19)20/h5-7,10,15H,8-9H2,1-4H3. The Balaban J connectivity index is 2.83. The van der Waals surface area contributed by atoms with Crippen molar-refractivity contribution < 1.29 is 14.5 Å². The van der Waals surface area contributed by atoms with Crippen LogP contribution in [0.1, 0.15) is 19.4 Å². The van der Waals surface area contributed by atoms with E-state index in [0.717, 1.165) is 5.56 Å². The van der Waals surface area contributed by atoms with Gasteiger partial charge in [-0.2, -0.15) is 0 Å². The van der Waals surface area contributed by atoms with Gasteiger partial charge in [0.05, 0.1) is 4.92 Å². The van der Waals surface area contributed by atoms with Crippen molar-refractivity contribution in [3.8, 4) is 5.75 Å². The van der Waals surface area contributed by atoms with Crippen molar-refractivity contribution in [2.75, 3.05) is 20.7 Å². The van der Waals surface area contributed by atoms with Crippen molar-refractivity contribution >= 4 is 11.6 Å². The molecule has 0 aliphatic carbocycles. The van der Waals surface area contributed by atoms with Gasteiger partial charge in [0.2, 0.25) is 0 Å². The third kappa shape index (κ3) is 4.71. The maximum atomic E-state index is 11.8. The zero-order valence-corrected chi connectivity index (χ0v) is 12.8. The predicted octanol–water partition coefficient (Wildman–Crippen LogP) is 1.56. The molecule has 0 aliphatic rings. The molecule has 0 atom stereocenters. The summed E-state index contributed by atoms with van der Waals surface area (Å²) in [6, 6.07) is 4.75. The second kappa shape index (κ2) is 7.58. The quantitative estimate of drug-likeness (QED) is 0.609. The largest absolute Gasteiger partial charge is 0.477 e. The van der Waals surface area contributed by atoms with Crippen molar-refractivity contribution in [2.45, 2.75) is 26.4 Å². The monoisotopic (exact) mass is 295 g/mol. The first kappa shape index (κ1) is 16.9. The van der Waals surface area contributed by atoms with Crippen LogP contribution in [0.15, 0.2) is 18.2 Å². The minimum Gasteiger partial charge on any atom is -0.477 e. The van der Waals surface area contributed by atoms with Gasteiger partial charge in [0.15, 0.2) is 12.4 Å². The van der Waals surface area contributed by atoms with Crippen LogP contribution in [0.2, 0.25) is 0 Å². The summed E-state index contributed by atoms with van der Waals surface area (Å²) in [4.78, 5) is 23.9. The highest BCUT2D eigenvalue weighted by Crippen LogP contribution is 2.28. The first-order valence-electron chi connectivity index (χ1n) is 6.67. The van der Waals surface area contributed by atoms with Crippen LogP contribution in [0.3, 0.4) is 0 Å². The number of nitrogens with zero attached hydrogens (tertiary/aromatic N) is 2. The first-order valence-corrected chi connectivity index (χ1v) is 6.67. The summed E-state index contributed by atoms with van der Waals surface area (Å²) in [7, 11) is 3.43. The molecule has 7 nitrogen and oxygen atoms in total. The van der Waals surface area contributed by atoms with E-state index in [9.17, 15) is 14.9 Å². The van der Waals surface area contributed by atoms with E-state index in [-0.39, 0.29) is 30.0 Å². The van der Waals surface area contributed by atoms with E-state index in [0.29, 0.717) is 6.54 Å². The molecule has 0 radical (unpaired) electrons. The summed E-state index contributed by atoms with van der Waals surface area (Å²) in [5, 5.41) is 14.0. The van der Waals surface area contributed by atoms with Gasteiger partial charge in [-0.3, -0.25) is 14.9 Å². The molecule has 0 spiro atoms. The fraction of sp³-hybridized carbons (Fsp3) is 0.500. The molecule has 0 heterocycles. The minimum absolute atomic E-state index is 0.0501. The van der Waals surface area contributed by atoms with Crippen LogP contribution >= 0.6 is 0 Å². The number of benzene rings is 1. The molecule has 1 aromatic rings. The Hall–Kier alpha value is -2.15. The highest BCUT2D eigenvalue weighted by Gasteiger charge is 2.18. The second-order valence-electron chi connectivity index (χ2n) is 4.98. The van der Waals surface area contributed by atoms with Crippen LogP contribution in [0.5, 0.6) is 5.75 Å². The lowest BCUT2D eigenvalue weighted by Crippen LogP contribution is -2.36. The van der Waals surface area contributed by atoms with Gasteiger partial charge in [0.25, 0.3) is 5.91 Å². The number of hydrogen-bond donors (Lipinski definition) is 1. The van der Waals surface area contributed by atoms with Crippen molar-refractivity contribution in [1.29, 1.82) is 0 Å². The molecule has 1 aromatic carbocycles. The van der Waals surface area contributed by atoms with E-state index in [1.165, 1.54) is 17.0 Å². The van der Waals surface area contributed by atoms with E-state index < -0.39 is 4.92 Å². The van der Waals surface area contributed by atoms with Gasteiger partial charge in [-0.05, 0) is 32.5 Å². The van der Waals surface area contributed by atoms with E-state index >= 15 is 0 Å². The molecule has 0 aliphatic heterocycles. The van der Waals surface area contributed by atoms with Crippen molar-refractivity contribution in [3.05, 3.63) is 33.9 Å². The average Bonchev–Trinajstić information content (AvgIpc) is 2.44. The molecule has 0 unspecified atom stereocenters. The molecule has 1 amide bonds. The van der Waals surface area contributed by atoms with Gasteiger partial charge in [-0.1, -0.05) is 6.07 Å². The molecule has 0 saturated carbocycles. The van der Waals surface area contributed by atoms with Crippen LogP contribution < -0.4 is 10.1 Å². The zero-order valence-electron chi connectivity index (χ0n) is 12.8. The molecule has 116 valence electrons. The number of hydrogen-bond acceptors (Lipinski definition) is 5. The Kier molecular flexibility index (Phi) is 6.10. The smallest absolute Gasteiger partial charge is 0.311 e. The Bertz CT molecular complexity index is 517. The molecule has 1 rings (SSSR count). The summed E-state index contributed by atoms with van der Waals surface area (Å²) in [5.41, 5.74) is 0.643. The predicted molar refractivity (Wildman–Crippen MR) is 79.3 cm³/mol. The molecule has 0 aromatic heterocycles. The van der Waals surface area contributed by atoms with Gasteiger partial charge < -0.3 is 15.0 Å². The normalized spacial score (nSPS) is 10.5. The lowest BCUT2D eigenvalue weighted by molar-refractivity contribution is -0.385. The van der Waals surface area contributed by atoms with Gasteiger partial charge >= 0.3 is 5.69 Å². The SMILES string of the molecule is CNCc1ccc(OCC(=O)N(C)C(C)C)c([N+](=O)[O-])c1. The topological polar surface area (TPSA) is 84.7 Å². The van der Waals surface area contributed by atoms with E-state index in [1.54, 1.807) is 20.2 Å². The molecule has 7 heteroatoms. The molecule has 1 N–H and O–H groups in total. The number of likely N-dealkylation sites (N-methyl/N-ethyl adjacent to an activating group) is 1. The lowest BCUT2D eigenvalue weighted by Gasteiger charge is -2.21. The number of nitrogens with one attached hydrogen (secondary N) is 1. The van der Waals surface area contributed by atoms with Crippen LogP contribution in [-0.2, 0) is 11.3 Å². The Labute approximate surface area is 124 Å². The second-order valence-corrected chi connectivity index (χ2v) is 4.98. The molecule has 0 bridgehead atoms.